The molecule has 0 radical (unpaired) electrons. The lowest BCUT2D eigenvalue weighted by Crippen LogP contribution is -2.43. The van der Waals surface area contributed by atoms with Crippen LogP contribution in [0.15, 0.2) is 18.2 Å². The van der Waals surface area contributed by atoms with E-state index in [4.69, 9.17) is 4.74 Å². The quantitative estimate of drug-likeness (QED) is 0.854. The van der Waals surface area contributed by atoms with Gasteiger partial charge in [0.25, 0.3) is 0 Å². The van der Waals surface area contributed by atoms with Crippen molar-refractivity contribution >= 4 is 5.69 Å². The fraction of sp³-hybridized carbons (Fsp3) is 0.684. The van der Waals surface area contributed by atoms with Gasteiger partial charge < -0.3 is 15.4 Å². The largest absolute Gasteiger partial charge is 0.487 e. The molecule has 1 aromatic carbocycles. The SMILES string of the molecule is CC1CNc2cc(CCNC(C)(C)CC(C)(C)C)ccc2O1. The second-order valence-corrected chi connectivity index (χ2v) is 8.44. The molecule has 1 aromatic rings. The van der Waals surface area contributed by atoms with Crippen molar-refractivity contribution in [3.8, 4) is 5.75 Å². The van der Waals surface area contributed by atoms with E-state index in [2.05, 4.69) is 70.4 Å². The van der Waals surface area contributed by atoms with Crippen LogP contribution in [0.25, 0.3) is 0 Å². The predicted molar refractivity (Wildman–Crippen MR) is 94.9 cm³/mol. The summed E-state index contributed by atoms with van der Waals surface area (Å²) in [5.74, 6) is 0.975. The van der Waals surface area contributed by atoms with Crippen LogP contribution in [-0.2, 0) is 6.42 Å². The van der Waals surface area contributed by atoms with Crippen LogP contribution >= 0.6 is 0 Å². The van der Waals surface area contributed by atoms with Crippen molar-refractivity contribution in [2.45, 2.75) is 66.0 Å². The predicted octanol–water partition coefficient (Wildman–Crippen LogP) is 4.23. The summed E-state index contributed by atoms with van der Waals surface area (Å²) in [5.41, 5.74) is 3.00. The maximum Gasteiger partial charge on any atom is 0.142 e. The molecule has 1 atom stereocenters. The average molecular weight is 304 g/mol. The summed E-state index contributed by atoms with van der Waals surface area (Å²) in [5, 5.41) is 7.14. The molecule has 22 heavy (non-hydrogen) atoms. The summed E-state index contributed by atoms with van der Waals surface area (Å²) in [4.78, 5) is 0. The minimum atomic E-state index is 0.170. The first-order valence-corrected chi connectivity index (χ1v) is 8.43. The van der Waals surface area contributed by atoms with Crippen molar-refractivity contribution in [3.63, 3.8) is 0 Å². The molecule has 0 bridgehead atoms. The molecule has 0 aromatic heterocycles. The summed E-state index contributed by atoms with van der Waals surface area (Å²) in [7, 11) is 0. The van der Waals surface area contributed by atoms with Crippen molar-refractivity contribution in [1.29, 1.82) is 0 Å². The molecule has 3 heteroatoms. The molecule has 0 amide bonds. The monoisotopic (exact) mass is 304 g/mol. The topological polar surface area (TPSA) is 33.3 Å². The Bertz CT molecular complexity index is 503. The zero-order chi connectivity index (χ0) is 16.4. The highest BCUT2D eigenvalue weighted by molar-refractivity contribution is 5.59. The molecule has 0 saturated carbocycles. The molecule has 1 unspecified atom stereocenters. The van der Waals surface area contributed by atoms with Crippen LogP contribution in [0, 0.1) is 5.41 Å². The van der Waals surface area contributed by atoms with Gasteiger partial charge in [-0.25, -0.2) is 0 Å². The third-order valence-corrected chi connectivity index (χ3v) is 3.94. The number of hydrogen-bond acceptors (Lipinski definition) is 3. The van der Waals surface area contributed by atoms with Crippen LogP contribution in [0.4, 0.5) is 5.69 Å². The lowest BCUT2D eigenvalue weighted by atomic mass is 9.82. The van der Waals surface area contributed by atoms with Crippen LogP contribution in [0.1, 0.15) is 53.5 Å². The first-order chi connectivity index (χ1) is 10.1. The maximum atomic E-state index is 5.82. The van der Waals surface area contributed by atoms with E-state index in [9.17, 15) is 0 Å². The smallest absolute Gasteiger partial charge is 0.142 e. The van der Waals surface area contributed by atoms with E-state index >= 15 is 0 Å². The normalized spacial score (nSPS) is 18.4. The fourth-order valence-corrected chi connectivity index (χ4v) is 3.42. The van der Waals surface area contributed by atoms with Crippen LogP contribution in [0.2, 0.25) is 0 Å². The summed E-state index contributed by atoms with van der Waals surface area (Å²) < 4.78 is 5.82. The Morgan fingerprint density at radius 3 is 2.64 bits per heavy atom. The average Bonchev–Trinajstić information content (AvgIpc) is 2.35. The molecule has 0 fully saturated rings. The molecular weight excluding hydrogens is 272 g/mol. The standard InChI is InChI=1S/C19H32N2O/c1-14-12-20-16-11-15(7-8-17(16)22-14)9-10-21-19(5,6)13-18(2,3)4/h7-8,11,14,20-21H,9-10,12-13H2,1-6H3. The Balaban J connectivity index is 1.87. The molecule has 2 rings (SSSR count). The Labute approximate surface area is 135 Å². The number of fused-ring (bicyclic) bond motifs is 1. The number of rotatable bonds is 5. The minimum Gasteiger partial charge on any atom is -0.487 e. The van der Waals surface area contributed by atoms with Crippen LogP contribution < -0.4 is 15.4 Å². The lowest BCUT2D eigenvalue weighted by Gasteiger charge is -2.33. The van der Waals surface area contributed by atoms with Crippen LogP contribution in [0.3, 0.4) is 0 Å². The Kier molecular flexibility index (Phi) is 5.06. The molecule has 1 aliphatic heterocycles. The molecule has 124 valence electrons. The molecule has 1 heterocycles. The number of ether oxygens (including phenoxy) is 1. The van der Waals surface area contributed by atoms with Crippen molar-refractivity contribution in [2.75, 3.05) is 18.4 Å². The van der Waals surface area contributed by atoms with Gasteiger partial charge in [0.05, 0.1) is 12.2 Å². The Hall–Kier alpha value is -1.22. The zero-order valence-electron chi connectivity index (χ0n) is 15.0. The van der Waals surface area contributed by atoms with Gasteiger partial charge in [0, 0.05) is 5.54 Å². The van der Waals surface area contributed by atoms with Crippen LogP contribution in [0.5, 0.6) is 5.75 Å². The van der Waals surface area contributed by atoms with Gasteiger partial charge in [-0.05, 0) is 63.3 Å². The van der Waals surface area contributed by atoms with Gasteiger partial charge in [-0.1, -0.05) is 26.8 Å². The first-order valence-electron chi connectivity index (χ1n) is 8.43. The second kappa shape index (κ2) is 6.49. The maximum absolute atomic E-state index is 5.82. The van der Waals surface area contributed by atoms with E-state index < -0.39 is 0 Å². The summed E-state index contributed by atoms with van der Waals surface area (Å²) in [6, 6.07) is 6.49. The fourth-order valence-electron chi connectivity index (χ4n) is 3.42. The molecular formula is C19H32N2O. The Morgan fingerprint density at radius 2 is 1.95 bits per heavy atom. The van der Waals surface area contributed by atoms with Crippen molar-refractivity contribution in [2.24, 2.45) is 5.41 Å². The number of hydrogen-bond donors (Lipinski definition) is 2. The lowest BCUT2D eigenvalue weighted by molar-refractivity contribution is 0.226. The summed E-state index contributed by atoms with van der Waals surface area (Å²) in [6.45, 7) is 15.5. The van der Waals surface area contributed by atoms with E-state index in [1.165, 1.54) is 5.56 Å². The van der Waals surface area contributed by atoms with Crippen molar-refractivity contribution in [3.05, 3.63) is 23.8 Å². The van der Waals surface area contributed by atoms with Crippen molar-refractivity contribution in [1.82, 2.24) is 5.32 Å². The molecule has 3 nitrogen and oxygen atoms in total. The van der Waals surface area contributed by atoms with E-state index in [1.54, 1.807) is 0 Å². The molecule has 1 aliphatic rings. The number of anilines is 1. The van der Waals surface area contributed by atoms with E-state index in [1.807, 2.05) is 0 Å². The van der Waals surface area contributed by atoms with Gasteiger partial charge >= 0.3 is 0 Å². The third-order valence-electron chi connectivity index (χ3n) is 3.94. The van der Waals surface area contributed by atoms with Gasteiger partial charge in [-0.15, -0.1) is 0 Å². The summed E-state index contributed by atoms with van der Waals surface area (Å²) in [6.07, 6.45) is 2.45. The molecule has 0 spiro atoms. The molecule has 2 N–H and O–H groups in total. The molecule has 0 aliphatic carbocycles. The summed E-state index contributed by atoms with van der Waals surface area (Å²) >= 11 is 0. The van der Waals surface area contributed by atoms with E-state index in [-0.39, 0.29) is 11.6 Å². The zero-order valence-corrected chi connectivity index (χ0v) is 15.0. The Morgan fingerprint density at radius 1 is 1.23 bits per heavy atom. The van der Waals surface area contributed by atoms with Gasteiger partial charge in [-0.2, -0.15) is 0 Å². The number of nitrogens with one attached hydrogen (secondary N) is 2. The highest BCUT2D eigenvalue weighted by Crippen LogP contribution is 2.30. The highest BCUT2D eigenvalue weighted by Gasteiger charge is 2.24. The minimum absolute atomic E-state index is 0.170. The number of benzene rings is 1. The van der Waals surface area contributed by atoms with Crippen molar-refractivity contribution < 1.29 is 4.74 Å². The van der Waals surface area contributed by atoms with Gasteiger partial charge in [-0.3, -0.25) is 0 Å². The van der Waals surface area contributed by atoms with E-state index in [0.717, 1.165) is 37.4 Å². The first kappa shape index (κ1) is 17.1. The highest BCUT2D eigenvalue weighted by atomic mass is 16.5. The molecule has 0 saturated heterocycles. The van der Waals surface area contributed by atoms with E-state index in [0.29, 0.717) is 5.41 Å². The second-order valence-electron chi connectivity index (χ2n) is 8.44. The van der Waals surface area contributed by atoms with Gasteiger partial charge in [0.1, 0.15) is 11.9 Å². The van der Waals surface area contributed by atoms with Crippen LogP contribution in [-0.4, -0.2) is 24.7 Å². The third kappa shape index (κ3) is 5.20. The van der Waals surface area contributed by atoms with Gasteiger partial charge in [0.2, 0.25) is 0 Å². The van der Waals surface area contributed by atoms with Gasteiger partial charge in [0.15, 0.2) is 0 Å².